The number of halogens is 1. The van der Waals surface area contributed by atoms with Crippen LogP contribution in [0.2, 0.25) is 5.02 Å². The molecule has 1 aliphatic rings. The number of likely N-dealkylation sites (tertiary alicyclic amines) is 1. The minimum atomic E-state index is -0.150. The van der Waals surface area contributed by atoms with Crippen LogP contribution in [0.3, 0.4) is 0 Å². The number of carbonyl (C=O) groups is 1. The Balaban J connectivity index is 1.69. The van der Waals surface area contributed by atoms with Gasteiger partial charge in [-0.1, -0.05) is 37.2 Å². The fraction of sp³-hybridized carbons (Fsp3) is 0.529. The number of nitrogens with one attached hydrogen (secondary N) is 1. The molecule has 0 radical (unpaired) electrons. The van der Waals surface area contributed by atoms with Gasteiger partial charge in [-0.3, -0.25) is 4.79 Å². The largest absolute Gasteiger partial charge is 0.341 e. The molecule has 124 valence electrons. The number of benzene rings is 1. The molecule has 0 spiro atoms. The monoisotopic (exact) mass is 351 g/mol. The fourth-order valence-corrected chi connectivity index (χ4v) is 4.41. The van der Waals surface area contributed by atoms with E-state index in [4.69, 9.17) is 11.6 Å². The summed E-state index contributed by atoms with van der Waals surface area (Å²) in [5.41, 5.74) is 1.77. The Kier molecular flexibility index (Phi) is 4.87. The molecule has 1 fully saturated rings. The highest BCUT2D eigenvalue weighted by Gasteiger charge is 2.29. The molecular weight excluding hydrogens is 330 g/mol. The molecule has 3 rings (SSSR count). The second-order valence-corrected chi connectivity index (χ2v) is 8.42. The second kappa shape index (κ2) is 6.73. The van der Waals surface area contributed by atoms with Crippen molar-refractivity contribution in [1.29, 1.82) is 0 Å². The Morgan fingerprint density at radius 1 is 1.39 bits per heavy atom. The molecule has 2 aromatic rings. The maximum absolute atomic E-state index is 12.7. The number of nitrogens with zero attached hydrogens (tertiary/aromatic N) is 2. The fourth-order valence-electron chi connectivity index (χ4n) is 3.33. The van der Waals surface area contributed by atoms with Gasteiger partial charge in [0.2, 0.25) is 5.91 Å². The van der Waals surface area contributed by atoms with E-state index >= 15 is 0 Å². The van der Waals surface area contributed by atoms with Gasteiger partial charge in [0, 0.05) is 18.1 Å². The topological polar surface area (TPSA) is 49.0 Å². The molecule has 0 bridgehead atoms. The lowest BCUT2D eigenvalue weighted by Gasteiger charge is -2.36. The zero-order chi connectivity index (χ0) is 16.6. The van der Waals surface area contributed by atoms with E-state index in [9.17, 15) is 4.79 Å². The minimum Gasteiger partial charge on any atom is -0.341 e. The van der Waals surface area contributed by atoms with Crippen molar-refractivity contribution in [3.63, 3.8) is 0 Å². The van der Waals surface area contributed by atoms with E-state index in [1.54, 1.807) is 0 Å². The summed E-state index contributed by atoms with van der Waals surface area (Å²) in [7, 11) is 0. The van der Waals surface area contributed by atoms with Gasteiger partial charge in [-0.05, 0) is 43.4 Å². The van der Waals surface area contributed by atoms with Crippen LogP contribution in [0.5, 0.6) is 0 Å². The number of aromatic nitrogens is 2. The molecule has 1 aromatic heterocycles. The molecule has 6 heteroatoms. The Labute approximate surface area is 146 Å². The van der Waals surface area contributed by atoms with E-state index in [1.165, 1.54) is 18.2 Å². The average molecular weight is 352 g/mol. The first-order chi connectivity index (χ1) is 10.9. The summed E-state index contributed by atoms with van der Waals surface area (Å²) >= 11 is 7.48. The second-order valence-electron chi connectivity index (χ2n) is 6.65. The Bertz CT molecular complexity index is 707. The summed E-state index contributed by atoms with van der Waals surface area (Å²) in [6.45, 7) is 8.12. The molecule has 23 heavy (non-hydrogen) atoms. The lowest BCUT2D eigenvalue weighted by atomic mass is 9.92. The van der Waals surface area contributed by atoms with Crippen LogP contribution in [0.15, 0.2) is 23.4 Å². The molecule has 0 saturated carbocycles. The number of carbonyl (C=O) groups excluding carboxylic acids is 1. The van der Waals surface area contributed by atoms with Crippen LogP contribution in [-0.2, 0) is 4.79 Å². The van der Waals surface area contributed by atoms with Gasteiger partial charge in [-0.2, -0.15) is 0 Å². The highest BCUT2D eigenvalue weighted by atomic mass is 35.5. The van der Waals surface area contributed by atoms with E-state index in [1.807, 2.05) is 30.0 Å². The summed E-state index contributed by atoms with van der Waals surface area (Å²) < 4.78 is 0. The minimum absolute atomic E-state index is 0.150. The zero-order valence-corrected chi connectivity index (χ0v) is 15.2. The molecule has 1 amide bonds. The lowest BCUT2D eigenvalue weighted by Crippen LogP contribution is -2.45. The third-order valence-corrected chi connectivity index (χ3v) is 5.45. The Morgan fingerprint density at radius 3 is 2.78 bits per heavy atom. The van der Waals surface area contributed by atoms with Crippen molar-refractivity contribution in [2.24, 2.45) is 11.8 Å². The summed E-state index contributed by atoms with van der Waals surface area (Å²) in [5, 5.41) is 1.29. The summed E-state index contributed by atoms with van der Waals surface area (Å²) in [6, 6.07) is 5.57. The molecule has 1 N–H and O–H groups in total. The first kappa shape index (κ1) is 16.7. The molecule has 3 unspecified atom stereocenters. The number of amides is 1. The smallest absolute Gasteiger partial charge is 0.235 e. The third kappa shape index (κ3) is 3.83. The summed E-state index contributed by atoms with van der Waals surface area (Å²) in [4.78, 5) is 22.5. The van der Waals surface area contributed by atoms with Crippen LogP contribution in [0.1, 0.15) is 27.2 Å². The Morgan fingerprint density at radius 2 is 2.09 bits per heavy atom. The molecular formula is C17H22ClN3OS. The normalized spacial score (nSPS) is 23.2. The van der Waals surface area contributed by atoms with Crippen molar-refractivity contribution in [1.82, 2.24) is 14.9 Å². The number of imidazole rings is 1. The number of rotatable bonds is 3. The van der Waals surface area contributed by atoms with Gasteiger partial charge in [-0.25, -0.2) is 4.98 Å². The molecule has 0 aliphatic carbocycles. The van der Waals surface area contributed by atoms with E-state index in [0.717, 1.165) is 29.3 Å². The van der Waals surface area contributed by atoms with Crippen molar-refractivity contribution in [3.05, 3.63) is 23.2 Å². The molecule has 4 nitrogen and oxygen atoms in total. The van der Waals surface area contributed by atoms with Gasteiger partial charge in [0.1, 0.15) is 0 Å². The van der Waals surface area contributed by atoms with Crippen LogP contribution in [-0.4, -0.2) is 39.1 Å². The predicted octanol–water partition coefficient (Wildman–Crippen LogP) is 4.20. The van der Waals surface area contributed by atoms with Crippen molar-refractivity contribution in [2.45, 2.75) is 37.6 Å². The zero-order valence-electron chi connectivity index (χ0n) is 13.7. The van der Waals surface area contributed by atoms with Gasteiger partial charge in [0.05, 0.1) is 16.3 Å². The van der Waals surface area contributed by atoms with Crippen LogP contribution < -0.4 is 0 Å². The summed E-state index contributed by atoms with van der Waals surface area (Å²) in [6.07, 6.45) is 1.20. The van der Waals surface area contributed by atoms with E-state index in [0.29, 0.717) is 16.9 Å². The van der Waals surface area contributed by atoms with Gasteiger partial charge < -0.3 is 9.88 Å². The highest BCUT2D eigenvalue weighted by Crippen LogP contribution is 2.28. The first-order valence-electron chi connectivity index (χ1n) is 8.03. The van der Waals surface area contributed by atoms with E-state index in [2.05, 4.69) is 23.8 Å². The SMILES string of the molecule is CC1CC(C)CN(C(=O)C(C)Sc2nc3ccc(Cl)cc3[nH]2)C1. The molecule has 1 aromatic carbocycles. The van der Waals surface area contributed by atoms with Crippen molar-refractivity contribution < 1.29 is 4.79 Å². The first-order valence-corrected chi connectivity index (χ1v) is 9.29. The Hall–Kier alpha value is -1.20. The number of aromatic amines is 1. The van der Waals surface area contributed by atoms with Crippen LogP contribution in [0, 0.1) is 11.8 Å². The van der Waals surface area contributed by atoms with Crippen molar-refractivity contribution in [3.8, 4) is 0 Å². The van der Waals surface area contributed by atoms with Gasteiger partial charge in [0.25, 0.3) is 0 Å². The molecule has 3 atom stereocenters. The predicted molar refractivity (Wildman–Crippen MR) is 95.9 cm³/mol. The van der Waals surface area contributed by atoms with Crippen LogP contribution >= 0.6 is 23.4 Å². The standard InChI is InChI=1S/C17H22ClN3OS/c1-10-6-11(2)9-21(8-10)16(22)12(3)23-17-19-14-5-4-13(18)7-15(14)20-17/h4-5,7,10-12H,6,8-9H2,1-3H3,(H,19,20). The number of piperidine rings is 1. The van der Waals surface area contributed by atoms with Gasteiger partial charge >= 0.3 is 0 Å². The third-order valence-electron chi connectivity index (χ3n) is 4.24. The van der Waals surface area contributed by atoms with Crippen LogP contribution in [0.4, 0.5) is 0 Å². The maximum atomic E-state index is 12.7. The van der Waals surface area contributed by atoms with Gasteiger partial charge in [0.15, 0.2) is 5.16 Å². The number of thioether (sulfide) groups is 1. The summed E-state index contributed by atoms with van der Waals surface area (Å²) in [5.74, 6) is 1.35. The van der Waals surface area contributed by atoms with E-state index < -0.39 is 0 Å². The van der Waals surface area contributed by atoms with Gasteiger partial charge in [-0.15, -0.1) is 0 Å². The molecule has 1 saturated heterocycles. The van der Waals surface area contributed by atoms with Crippen LogP contribution in [0.25, 0.3) is 11.0 Å². The number of hydrogen-bond acceptors (Lipinski definition) is 3. The quantitative estimate of drug-likeness (QED) is 0.843. The van der Waals surface area contributed by atoms with E-state index in [-0.39, 0.29) is 11.2 Å². The number of H-pyrrole nitrogens is 1. The molecule has 1 aliphatic heterocycles. The molecule has 2 heterocycles. The highest BCUT2D eigenvalue weighted by molar-refractivity contribution is 8.00. The number of hydrogen-bond donors (Lipinski definition) is 1. The number of fused-ring (bicyclic) bond motifs is 1. The van der Waals surface area contributed by atoms with Crippen molar-refractivity contribution in [2.75, 3.05) is 13.1 Å². The maximum Gasteiger partial charge on any atom is 0.235 e. The lowest BCUT2D eigenvalue weighted by molar-refractivity contribution is -0.132. The average Bonchev–Trinajstić information content (AvgIpc) is 2.86. The van der Waals surface area contributed by atoms with Crippen molar-refractivity contribution >= 4 is 40.3 Å².